The molecule has 6 nitrogen and oxygen atoms in total. The fourth-order valence-corrected chi connectivity index (χ4v) is 1.48. The summed E-state index contributed by atoms with van der Waals surface area (Å²) < 4.78 is 0. The summed E-state index contributed by atoms with van der Waals surface area (Å²) in [5.74, 6) is 0.233. The predicted octanol–water partition coefficient (Wildman–Crippen LogP) is 1.40. The van der Waals surface area contributed by atoms with Gasteiger partial charge in [-0.2, -0.15) is 0 Å². The first-order chi connectivity index (χ1) is 9.79. The van der Waals surface area contributed by atoms with Crippen LogP contribution in [0.3, 0.4) is 0 Å². The van der Waals surface area contributed by atoms with E-state index in [2.05, 4.69) is 32.2 Å². The van der Waals surface area contributed by atoms with Gasteiger partial charge in [-0.1, -0.05) is 12.1 Å². The highest BCUT2D eigenvalue weighted by atomic mass is 16.1. The lowest BCUT2D eigenvalue weighted by Crippen LogP contribution is -2.23. The Morgan fingerprint density at radius 2 is 2.05 bits per heavy atom. The van der Waals surface area contributed by atoms with Crippen LogP contribution in [0.1, 0.15) is 16.1 Å². The monoisotopic (exact) mass is 269 g/mol. The fourth-order valence-electron chi connectivity index (χ4n) is 1.48. The molecule has 2 rings (SSSR count). The zero-order valence-corrected chi connectivity index (χ0v) is 10.9. The molecule has 0 aliphatic rings. The summed E-state index contributed by atoms with van der Waals surface area (Å²) in [4.78, 5) is 24.0. The second-order valence-corrected chi connectivity index (χ2v) is 3.97. The van der Waals surface area contributed by atoms with E-state index < -0.39 is 0 Å². The minimum atomic E-state index is -0.221. The summed E-state index contributed by atoms with van der Waals surface area (Å²) in [5, 5.41) is 5.70. The number of nitrogens with one attached hydrogen (secondary N) is 2. The zero-order chi connectivity index (χ0) is 14.2. The van der Waals surface area contributed by atoms with E-state index in [4.69, 9.17) is 0 Å². The molecule has 2 heterocycles. The SMILES string of the molecule is C=CCNC(=O)c1cnc(NCc2ccccn2)nc1. The third-order valence-electron chi connectivity index (χ3n) is 2.47. The van der Waals surface area contributed by atoms with Crippen LogP contribution in [-0.4, -0.2) is 27.4 Å². The van der Waals surface area contributed by atoms with Crippen molar-refractivity contribution in [3.8, 4) is 0 Å². The molecular formula is C14H15N5O. The molecule has 0 saturated carbocycles. The van der Waals surface area contributed by atoms with Crippen molar-refractivity contribution in [1.29, 1.82) is 0 Å². The van der Waals surface area contributed by atoms with Gasteiger partial charge in [0.1, 0.15) is 0 Å². The smallest absolute Gasteiger partial charge is 0.254 e. The minimum absolute atomic E-state index is 0.221. The quantitative estimate of drug-likeness (QED) is 0.775. The number of rotatable bonds is 6. The van der Waals surface area contributed by atoms with Crippen molar-refractivity contribution in [2.75, 3.05) is 11.9 Å². The molecule has 2 aromatic heterocycles. The topological polar surface area (TPSA) is 79.8 Å². The Balaban J connectivity index is 1.91. The van der Waals surface area contributed by atoms with Crippen molar-refractivity contribution in [3.63, 3.8) is 0 Å². The van der Waals surface area contributed by atoms with Crippen LogP contribution in [0.2, 0.25) is 0 Å². The normalized spacial score (nSPS) is 9.80. The number of aromatic nitrogens is 3. The molecule has 0 radical (unpaired) electrons. The molecule has 0 unspecified atom stereocenters. The van der Waals surface area contributed by atoms with Crippen molar-refractivity contribution in [2.45, 2.75) is 6.54 Å². The van der Waals surface area contributed by atoms with Crippen LogP contribution in [0, 0.1) is 0 Å². The van der Waals surface area contributed by atoms with Crippen LogP contribution in [0.4, 0.5) is 5.95 Å². The third kappa shape index (κ3) is 3.88. The fraction of sp³-hybridized carbons (Fsp3) is 0.143. The van der Waals surface area contributed by atoms with Crippen LogP contribution < -0.4 is 10.6 Å². The highest BCUT2D eigenvalue weighted by Gasteiger charge is 2.05. The summed E-state index contributed by atoms with van der Waals surface area (Å²) in [5.41, 5.74) is 1.30. The lowest BCUT2D eigenvalue weighted by Gasteiger charge is -2.05. The second kappa shape index (κ2) is 6.98. The highest BCUT2D eigenvalue weighted by molar-refractivity contribution is 5.93. The van der Waals surface area contributed by atoms with Gasteiger partial charge >= 0.3 is 0 Å². The van der Waals surface area contributed by atoms with Gasteiger partial charge in [-0.05, 0) is 12.1 Å². The summed E-state index contributed by atoms with van der Waals surface area (Å²) in [6.45, 7) is 4.48. The molecule has 0 aliphatic heterocycles. The molecule has 0 aliphatic carbocycles. The molecule has 20 heavy (non-hydrogen) atoms. The molecule has 0 bridgehead atoms. The van der Waals surface area contributed by atoms with E-state index in [9.17, 15) is 4.79 Å². The molecule has 0 spiro atoms. The largest absolute Gasteiger partial charge is 0.349 e. The van der Waals surface area contributed by atoms with Crippen LogP contribution in [-0.2, 0) is 6.54 Å². The number of hydrogen-bond acceptors (Lipinski definition) is 5. The van der Waals surface area contributed by atoms with Crippen molar-refractivity contribution in [1.82, 2.24) is 20.3 Å². The van der Waals surface area contributed by atoms with Gasteiger partial charge in [0.25, 0.3) is 5.91 Å². The van der Waals surface area contributed by atoms with Crippen molar-refractivity contribution in [2.24, 2.45) is 0 Å². The number of carbonyl (C=O) groups excluding carboxylic acids is 1. The van der Waals surface area contributed by atoms with Crippen LogP contribution in [0.25, 0.3) is 0 Å². The first-order valence-electron chi connectivity index (χ1n) is 6.14. The Morgan fingerprint density at radius 3 is 2.70 bits per heavy atom. The van der Waals surface area contributed by atoms with Crippen molar-refractivity contribution in [3.05, 3.63) is 60.7 Å². The first-order valence-corrected chi connectivity index (χ1v) is 6.14. The van der Waals surface area contributed by atoms with E-state index in [1.807, 2.05) is 18.2 Å². The predicted molar refractivity (Wildman–Crippen MR) is 76.1 cm³/mol. The molecule has 1 amide bonds. The number of anilines is 1. The van der Waals surface area contributed by atoms with Gasteiger partial charge in [-0.3, -0.25) is 9.78 Å². The Morgan fingerprint density at radius 1 is 1.25 bits per heavy atom. The van der Waals surface area contributed by atoms with E-state index in [-0.39, 0.29) is 5.91 Å². The van der Waals surface area contributed by atoms with Gasteiger partial charge < -0.3 is 10.6 Å². The van der Waals surface area contributed by atoms with Gasteiger partial charge in [-0.25, -0.2) is 9.97 Å². The Labute approximate surface area is 117 Å². The van der Waals surface area contributed by atoms with Crippen molar-refractivity contribution >= 4 is 11.9 Å². The highest BCUT2D eigenvalue weighted by Crippen LogP contribution is 2.02. The van der Waals surface area contributed by atoms with Crippen molar-refractivity contribution < 1.29 is 4.79 Å². The molecule has 0 atom stereocenters. The average Bonchev–Trinajstić information content (AvgIpc) is 2.52. The Bertz CT molecular complexity index is 568. The van der Waals surface area contributed by atoms with Crippen LogP contribution in [0.5, 0.6) is 0 Å². The molecule has 2 N–H and O–H groups in total. The third-order valence-corrected chi connectivity index (χ3v) is 2.47. The van der Waals surface area contributed by atoms with Gasteiger partial charge in [0.05, 0.1) is 17.8 Å². The zero-order valence-electron chi connectivity index (χ0n) is 10.9. The number of nitrogens with zero attached hydrogens (tertiary/aromatic N) is 3. The lowest BCUT2D eigenvalue weighted by atomic mass is 10.3. The van der Waals surface area contributed by atoms with Crippen LogP contribution in [0.15, 0.2) is 49.4 Å². The van der Waals surface area contributed by atoms with E-state index in [1.165, 1.54) is 12.4 Å². The Kier molecular flexibility index (Phi) is 4.77. The average molecular weight is 269 g/mol. The maximum Gasteiger partial charge on any atom is 0.254 e. The van der Waals surface area contributed by atoms with E-state index in [0.717, 1.165) is 5.69 Å². The van der Waals surface area contributed by atoms with Gasteiger partial charge in [0, 0.05) is 25.1 Å². The standard InChI is InChI=1S/C14H15N5O/c1-2-6-16-13(20)11-8-17-14(18-9-11)19-10-12-5-3-4-7-15-12/h2-5,7-9H,1,6,10H2,(H,16,20)(H,17,18,19). The number of amides is 1. The summed E-state index contributed by atoms with van der Waals surface area (Å²) >= 11 is 0. The lowest BCUT2D eigenvalue weighted by molar-refractivity contribution is 0.0957. The van der Waals surface area contributed by atoms with Crippen LogP contribution >= 0.6 is 0 Å². The molecule has 6 heteroatoms. The minimum Gasteiger partial charge on any atom is -0.349 e. The first kappa shape index (κ1) is 13.7. The summed E-state index contributed by atoms with van der Waals surface area (Å²) in [6, 6.07) is 5.68. The molecule has 102 valence electrons. The number of hydrogen-bond donors (Lipinski definition) is 2. The second-order valence-electron chi connectivity index (χ2n) is 3.97. The van der Waals surface area contributed by atoms with Gasteiger partial charge in [-0.15, -0.1) is 6.58 Å². The van der Waals surface area contributed by atoms with E-state index in [1.54, 1.807) is 12.3 Å². The number of pyridine rings is 1. The molecule has 0 aromatic carbocycles. The van der Waals surface area contributed by atoms with Gasteiger partial charge in [0.2, 0.25) is 5.95 Å². The molecular weight excluding hydrogens is 254 g/mol. The van der Waals surface area contributed by atoms with E-state index >= 15 is 0 Å². The molecule has 2 aromatic rings. The molecule has 0 fully saturated rings. The van der Waals surface area contributed by atoms with E-state index in [0.29, 0.717) is 24.6 Å². The maximum absolute atomic E-state index is 11.6. The Hall–Kier alpha value is -2.76. The maximum atomic E-state index is 11.6. The summed E-state index contributed by atoms with van der Waals surface area (Å²) in [6.07, 6.45) is 6.30. The number of carbonyl (C=O) groups is 1. The summed E-state index contributed by atoms with van der Waals surface area (Å²) in [7, 11) is 0. The van der Waals surface area contributed by atoms with Gasteiger partial charge in [0.15, 0.2) is 0 Å². The molecule has 0 saturated heterocycles.